The lowest BCUT2D eigenvalue weighted by Crippen LogP contribution is -2.16. The van der Waals surface area contributed by atoms with E-state index in [1.54, 1.807) is 18.3 Å². The first-order valence-corrected chi connectivity index (χ1v) is 8.41. The summed E-state index contributed by atoms with van der Waals surface area (Å²) < 4.78 is 0. The molecule has 0 atom stereocenters. The van der Waals surface area contributed by atoms with Gasteiger partial charge in [0, 0.05) is 11.1 Å². The van der Waals surface area contributed by atoms with Gasteiger partial charge in [-0.15, -0.1) is 0 Å². The van der Waals surface area contributed by atoms with Gasteiger partial charge < -0.3 is 5.32 Å². The van der Waals surface area contributed by atoms with E-state index >= 15 is 0 Å². The van der Waals surface area contributed by atoms with Crippen LogP contribution in [0.5, 0.6) is 0 Å². The third-order valence-corrected chi connectivity index (χ3v) is 3.78. The number of anilines is 1. The van der Waals surface area contributed by atoms with E-state index in [0.717, 1.165) is 23.4 Å². The monoisotopic (exact) mass is 331 g/mol. The average Bonchev–Trinajstić information content (AvgIpc) is 2.64. The zero-order chi connectivity index (χ0) is 17.6. The minimum absolute atomic E-state index is 0.174. The molecule has 4 nitrogen and oxygen atoms in total. The summed E-state index contributed by atoms with van der Waals surface area (Å²) >= 11 is 0. The fraction of sp³-hybridized carbons (Fsp3) is 0.190. The summed E-state index contributed by atoms with van der Waals surface area (Å²) in [4.78, 5) is 21.7. The van der Waals surface area contributed by atoms with Crippen LogP contribution < -0.4 is 5.32 Å². The molecule has 1 N–H and O–H groups in total. The predicted octanol–water partition coefficient (Wildman–Crippen LogP) is 4.59. The van der Waals surface area contributed by atoms with Gasteiger partial charge in [-0.25, -0.2) is 9.97 Å². The zero-order valence-electron chi connectivity index (χ0n) is 14.4. The van der Waals surface area contributed by atoms with Crippen LogP contribution in [0.15, 0.2) is 66.9 Å². The molecule has 3 aromatic rings. The number of hydrogen-bond donors (Lipinski definition) is 1. The van der Waals surface area contributed by atoms with Crippen molar-refractivity contribution < 1.29 is 4.79 Å². The molecule has 0 spiro atoms. The second-order valence-corrected chi connectivity index (χ2v) is 6.33. The van der Waals surface area contributed by atoms with Crippen LogP contribution in [0.25, 0.3) is 11.3 Å². The first-order valence-electron chi connectivity index (χ1n) is 8.41. The lowest BCUT2D eigenvalue weighted by Gasteiger charge is -2.13. The van der Waals surface area contributed by atoms with E-state index in [2.05, 4.69) is 24.1 Å². The Morgan fingerprint density at radius 2 is 1.64 bits per heavy atom. The molecule has 0 bridgehead atoms. The third-order valence-electron chi connectivity index (χ3n) is 3.78. The molecular formula is C21H21N3O. The summed E-state index contributed by atoms with van der Waals surface area (Å²) in [5, 5.41) is 2.90. The van der Waals surface area contributed by atoms with E-state index in [1.807, 2.05) is 48.5 Å². The summed E-state index contributed by atoms with van der Waals surface area (Å²) in [7, 11) is 0. The molecule has 0 aliphatic rings. The third kappa shape index (κ3) is 4.29. The number of carbonyl (C=O) groups excluding carboxylic acids is 1. The maximum absolute atomic E-state index is 12.4. The SMILES string of the molecule is CC(C)Cc1nc(-c2ccccc2)cnc1NC(=O)c1ccccc1. The van der Waals surface area contributed by atoms with Crippen molar-refractivity contribution in [1.29, 1.82) is 0 Å². The van der Waals surface area contributed by atoms with E-state index in [-0.39, 0.29) is 5.91 Å². The number of aromatic nitrogens is 2. The van der Waals surface area contributed by atoms with E-state index in [1.165, 1.54) is 0 Å². The molecule has 0 aliphatic carbocycles. The predicted molar refractivity (Wildman–Crippen MR) is 100 cm³/mol. The zero-order valence-corrected chi connectivity index (χ0v) is 14.4. The Morgan fingerprint density at radius 1 is 1.00 bits per heavy atom. The lowest BCUT2D eigenvalue weighted by molar-refractivity contribution is 0.102. The molecule has 0 saturated heterocycles. The number of benzene rings is 2. The van der Waals surface area contributed by atoms with Crippen molar-refractivity contribution in [2.24, 2.45) is 5.92 Å². The number of amides is 1. The summed E-state index contributed by atoms with van der Waals surface area (Å²) in [6.07, 6.45) is 2.46. The standard InChI is InChI=1S/C21H21N3O/c1-15(2)13-18-20(24-21(25)17-11-7-4-8-12-17)22-14-19(23-18)16-9-5-3-6-10-16/h3-12,14-15H,13H2,1-2H3,(H,22,24,25). The van der Waals surface area contributed by atoms with E-state index < -0.39 is 0 Å². The second-order valence-electron chi connectivity index (χ2n) is 6.33. The van der Waals surface area contributed by atoms with E-state index in [0.29, 0.717) is 17.3 Å². The van der Waals surface area contributed by atoms with Crippen LogP contribution in [-0.4, -0.2) is 15.9 Å². The molecule has 0 saturated carbocycles. The van der Waals surface area contributed by atoms with Gasteiger partial charge in [-0.05, 0) is 24.5 Å². The minimum Gasteiger partial charge on any atom is -0.305 e. The first kappa shape index (κ1) is 16.8. The Balaban J connectivity index is 1.91. The van der Waals surface area contributed by atoms with Gasteiger partial charge in [0.1, 0.15) is 0 Å². The molecule has 0 aliphatic heterocycles. The van der Waals surface area contributed by atoms with Crippen LogP contribution in [0.4, 0.5) is 5.82 Å². The van der Waals surface area contributed by atoms with Gasteiger partial charge in [-0.2, -0.15) is 0 Å². The quantitative estimate of drug-likeness (QED) is 0.743. The van der Waals surface area contributed by atoms with Crippen LogP contribution in [-0.2, 0) is 6.42 Å². The van der Waals surface area contributed by atoms with Crippen molar-refractivity contribution in [3.05, 3.63) is 78.1 Å². The molecule has 0 unspecified atom stereocenters. The van der Waals surface area contributed by atoms with E-state index in [9.17, 15) is 4.79 Å². The van der Waals surface area contributed by atoms with Gasteiger partial charge in [-0.1, -0.05) is 62.4 Å². The molecule has 3 rings (SSSR count). The highest BCUT2D eigenvalue weighted by atomic mass is 16.1. The van der Waals surface area contributed by atoms with Crippen LogP contribution in [0.1, 0.15) is 29.9 Å². The normalized spacial score (nSPS) is 10.7. The maximum Gasteiger partial charge on any atom is 0.256 e. The van der Waals surface area contributed by atoms with Gasteiger partial charge in [0.05, 0.1) is 17.6 Å². The number of hydrogen-bond acceptors (Lipinski definition) is 3. The van der Waals surface area contributed by atoms with Crippen molar-refractivity contribution in [3.63, 3.8) is 0 Å². The van der Waals surface area contributed by atoms with Crippen molar-refractivity contribution in [3.8, 4) is 11.3 Å². The van der Waals surface area contributed by atoms with Gasteiger partial charge in [0.15, 0.2) is 5.82 Å². The number of carbonyl (C=O) groups is 1. The molecule has 1 amide bonds. The minimum atomic E-state index is -0.174. The molecule has 0 fully saturated rings. The van der Waals surface area contributed by atoms with Crippen LogP contribution >= 0.6 is 0 Å². The lowest BCUT2D eigenvalue weighted by atomic mass is 10.1. The summed E-state index contributed by atoms with van der Waals surface area (Å²) in [5.74, 6) is 0.766. The highest BCUT2D eigenvalue weighted by Gasteiger charge is 2.14. The second kappa shape index (κ2) is 7.71. The fourth-order valence-electron chi connectivity index (χ4n) is 2.58. The van der Waals surface area contributed by atoms with Crippen molar-refractivity contribution >= 4 is 11.7 Å². The molecule has 25 heavy (non-hydrogen) atoms. The highest BCUT2D eigenvalue weighted by Crippen LogP contribution is 2.21. The van der Waals surface area contributed by atoms with Crippen LogP contribution in [0, 0.1) is 5.92 Å². The fourth-order valence-corrected chi connectivity index (χ4v) is 2.58. The Kier molecular flexibility index (Phi) is 5.19. The Labute approximate surface area is 148 Å². The van der Waals surface area contributed by atoms with Crippen molar-refractivity contribution in [2.75, 3.05) is 5.32 Å². The Hall–Kier alpha value is -3.01. The Bertz CT molecular complexity index is 846. The highest BCUT2D eigenvalue weighted by molar-refractivity contribution is 6.04. The molecule has 1 heterocycles. The van der Waals surface area contributed by atoms with E-state index in [4.69, 9.17) is 4.98 Å². The number of nitrogens with one attached hydrogen (secondary N) is 1. The van der Waals surface area contributed by atoms with Crippen LogP contribution in [0.2, 0.25) is 0 Å². The summed E-state index contributed by atoms with van der Waals surface area (Å²) in [6.45, 7) is 4.25. The maximum atomic E-state index is 12.4. The number of rotatable bonds is 5. The Morgan fingerprint density at radius 3 is 2.28 bits per heavy atom. The average molecular weight is 331 g/mol. The molecule has 126 valence electrons. The topological polar surface area (TPSA) is 54.9 Å². The van der Waals surface area contributed by atoms with Gasteiger partial charge >= 0.3 is 0 Å². The largest absolute Gasteiger partial charge is 0.305 e. The number of nitrogens with zero attached hydrogens (tertiary/aromatic N) is 2. The first-order chi connectivity index (χ1) is 12.1. The van der Waals surface area contributed by atoms with Gasteiger partial charge in [0.25, 0.3) is 5.91 Å². The molecule has 0 radical (unpaired) electrons. The molecule has 4 heteroatoms. The smallest absolute Gasteiger partial charge is 0.256 e. The molecular weight excluding hydrogens is 310 g/mol. The van der Waals surface area contributed by atoms with Crippen LogP contribution in [0.3, 0.4) is 0 Å². The van der Waals surface area contributed by atoms with Crippen molar-refractivity contribution in [1.82, 2.24) is 9.97 Å². The summed E-state index contributed by atoms with van der Waals surface area (Å²) in [6, 6.07) is 19.1. The van der Waals surface area contributed by atoms with Gasteiger partial charge in [0.2, 0.25) is 0 Å². The molecule has 2 aromatic carbocycles. The van der Waals surface area contributed by atoms with Crippen molar-refractivity contribution in [2.45, 2.75) is 20.3 Å². The molecule has 1 aromatic heterocycles. The van der Waals surface area contributed by atoms with Gasteiger partial charge in [-0.3, -0.25) is 4.79 Å². The summed E-state index contributed by atoms with van der Waals surface area (Å²) in [5.41, 5.74) is 3.24.